The van der Waals surface area contributed by atoms with Crippen molar-refractivity contribution in [3.8, 4) is 11.3 Å². The summed E-state index contributed by atoms with van der Waals surface area (Å²) < 4.78 is 24.5. The lowest BCUT2D eigenvalue weighted by Gasteiger charge is -2.33. The minimum Gasteiger partial charge on any atom is -0.368 e. The lowest BCUT2D eigenvalue weighted by molar-refractivity contribution is 0.387. The van der Waals surface area contributed by atoms with Gasteiger partial charge in [0.25, 0.3) is 0 Å². The number of nitrogens with two attached hydrogens (primary N) is 1. The normalized spacial score (nSPS) is 16.5. The summed E-state index contributed by atoms with van der Waals surface area (Å²) in [6, 6.07) is 5.61. The lowest BCUT2D eigenvalue weighted by Crippen LogP contribution is -2.48. The first kappa shape index (κ1) is 15.6. The second kappa shape index (κ2) is 6.09. The Bertz CT molecular complexity index is 785. The number of hydrogen-bond donors (Lipinski definition) is 1. The van der Waals surface area contributed by atoms with Crippen molar-refractivity contribution in [2.45, 2.75) is 0 Å². The number of sulfonamides is 1. The van der Waals surface area contributed by atoms with Crippen molar-refractivity contribution in [2.75, 3.05) is 43.1 Å². The highest BCUT2D eigenvalue weighted by molar-refractivity contribution is 7.88. The Morgan fingerprint density at radius 2 is 1.83 bits per heavy atom. The minimum absolute atomic E-state index is 0.225. The molecule has 2 N–H and O–H groups in total. The van der Waals surface area contributed by atoms with Gasteiger partial charge in [-0.3, -0.25) is 0 Å². The molecule has 0 aromatic carbocycles. The summed E-state index contributed by atoms with van der Waals surface area (Å²) in [7, 11) is -3.12. The Morgan fingerprint density at radius 3 is 2.39 bits per heavy atom. The Balaban J connectivity index is 1.71. The number of anilines is 2. The van der Waals surface area contributed by atoms with E-state index in [-0.39, 0.29) is 5.95 Å². The highest BCUT2D eigenvalue weighted by Gasteiger charge is 2.23. The Morgan fingerprint density at radius 1 is 1.09 bits per heavy atom. The number of pyridine rings is 1. The monoisotopic (exact) mass is 334 g/mol. The van der Waals surface area contributed by atoms with Gasteiger partial charge in [-0.1, -0.05) is 0 Å². The number of rotatable bonds is 3. The molecule has 0 saturated carbocycles. The van der Waals surface area contributed by atoms with E-state index in [2.05, 4.69) is 19.9 Å². The van der Waals surface area contributed by atoms with E-state index in [1.165, 1.54) is 10.6 Å². The average molecular weight is 334 g/mol. The quantitative estimate of drug-likeness (QED) is 0.855. The molecule has 1 fully saturated rings. The van der Waals surface area contributed by atoms with Gasteiger partial charge in [-0.15, -0.1) is 0 Å². The van der Waals surface area contributed by atoms with E-state index in [4.69, 9.17) is 5.73 Å². The minimum atomic E-state index is -3.12. The molecule has 0 aliphatic carbocycles. The van der Waals surface area contributed by atoms with Gasteiger partial charge in [0.15, 0.2) is 0 Å². The van der Waals surface area contributed by atoms with Gasteiger partial charge in [0.2, 0.25) is 16.0 Å². The third-order valence-corrected chi connectivity index (χ3v) is 5.05. The zero-order valence-electron chi connectivity index (χ0n) is 12.8. The van der Waals surface area contributed by atoms with Crippen LogP contribution in [0.5, 0.6) is 0 Å². The molecule has 8 nitrogen and oxygen atoms in total. The number of hydrogen-bond acceptors (Lipinski definition) is 7. The molecule has 9 heteroatoms. The van der Waals surface area contributed by atoms with Crippen LogP contribution in [0.2, 0.25) is 0 Å². The van der Waals surface area contributed by atoms with E-state index in [1.54, 1.807) is 18.5 Å². The zero-order chi connectivity index (χ0) is 16.4. The molecule has 0 spiro atoms. The molecular formula is C14H18N6O2S. The molecule has 0 unspecified atom stereocenters. The molecule has 2 aromatic heterocycles. The zero-order valence-corrected chi connectivity index (χ0v) is 13.6. The van der Waals surface area contributed by atoms with Crippen LogP contribution in [-0.2, 0) is 10.0 Å². The van der Waals surface area contributed by atoms with Crippen LogP contribution in [0.3, 0.4) is 0 Å². The van der Waals surface area contributed by atoms with Crippen molar-refractivity contribution >= 4 is 21.8 Å². The molecule has 3 heterocycles. The predicted octanol–water partition coefficient (Wildman–Crippen LogP) is 0.202. The summed E-state index contributed by atoms with van der Waals surface area (Å²) in [6.07, 6.45) is 4.58. The summed E-state index contributed by atoms with van der Waals surface area (Å²) in [5, 5.41) is 0. The maximum Gasteiger partial charge on any atom is 0.220 e. The SMILES string of the molecule is CS(=O)(=O)N1CCN(c2ccc(-c3ccnc(N)n3)cn2)CC1. The number of nitrogen functional groups attached to an aromatic ring is 1. The van der Waals surface area contributed by atoms with Gasteiger partial charge in [-0.05, 0) is 18.2 Å². The van der Waals surface area contributed by atoms with Crippen LogP contribution >= 0.6 is 0 Å². The Kier molecular flexibility index (Phi) is 4.14. The fraction of sp³-hybridized carbons (Fsp3) is 0.357. The summed E-state index contributed by atoms with van der Waals surface area (Å²) in [5.74, 6) is 1.05. The highest BCUT2D eigenvalue weighted by atomic mass is 32.2. The van der Waals surface area contributed by atoms with Crippen LogP contribution in [0.15, 0.2) is 30.6 Å². The first-order valence-electron chi connectivity index (χ1n) is 7.18. The second-order valence-corrected chi connectivity index (χ2v) is 7.34. The van der Waals surface area contributed by atoms with Crippen LogP contribution in [0.4, 0.5) is 11.8 Å². The van der Waals surface area contributed by atoms with Crippen molar-refractivity contribution in [1.29, 1.82) is 0 Å². The molecule has 0 bridgehead atoms. The first-order valence-corrected chi connectivity index (χ1v) is 9.03. The van der Waals surface area contributed by atoms with Gasteiger partial charge in [0, 0.05) is 44.1 Å². The molecule has 3 rings (SSSR count). The van der Waals surface area contributed by atoms with Crippen LogP contribution in [0.1, 0.15) is 0 Å². The largest absolute Gasteiger partial charge is 0.368 e. The Hall–Kier alpha value is -2.26. The maximum absolute atomic E-state index is 11.5. The first-order chi connectivity index (χ1) is 10.9. The molecule has 2 aromatic rings. The summed E-state index contributed by atoms with van der Waals surface area (Å²) >= 11 is 0. The van der Waals surface area contributed by atoms with Gasteiger partial charge in [0.1, 0.15) is 5.82 Å². The third kappa shape index (κ3) is 3.57. The van der Waals surface area contributed by atoms with Crippen molar-refractivity contribution in [1.82, 2.24) is 19.3 Å². The molecule has 0 radical (unpaired) electrons. The molecule has 0 atom stereocenters. The summed E-state index contributed by atoms with van der Waals surface area (Å²) in [5.41, 5.74) is 7.17. The fourth-order valence-corrected chi connectivity index (χ4v) is 3.33. The standard InChI is InChI=1S/C14H18N6O2S/c1-23(21,22)20-8-6-19(7-9-20)13-3-2-11(10-17-13)12-4-5-16-14(15)18-12/h2-5,10H,6-9H2,1H3,(H2,15,16,18). The molecule has 23 heavy (non-hydrogen) atoms. The van der Waals surface area contributed by atoms with E-state index < -0.39 is 10.0 Å². The molecule has 1 aliphatic rings. The maximum atomic E-state index is 11.5. The van der Waals surface area contributed by atoms with Gasteiger partial charge in [-0.25, -0.2) is 23.4 Å². The van der Waals surface area contributed by atoms with Gasteiger partial charge >= 0.3 is 0 Å². The van der Waals surface area contributed by atoms with Crippen molar-refractivity contribution in [3.05, 3.63) is 30.6 Å². The number of piperazine rings is 1. The second-order valence-electron chi connectivity index (χ2n) is 5.35. The lowest BCUT2D eigenvalue weighted by atomic mass is 10.2. The predicted molar refractivity (Wildman–Crippen MR) is 88.3 cm³/mol. The van der Waals surface area contributed by atoms with Crippen molar-refractivity contribution in [3.63, 3.8) is 0 Å². The van der Waals surface area contributed by atoms with E-state index >= 15 is 0 Å². The van der Waals surface area contributed by atoms with E-state index in [0.717, 1.165) is 17.1 Å². The van der Waals surface area contributed by atoms with Crippen molar-refractivity contribution in [2.24, 2.45) is 0 Å². The van der Waals surface area contributed by atoms with Gasteiger partial charge < -0.3 is 10.6 Å². The number of aromatic nitrogens is 3. The van der Waals surface area contributed by atoms with E-state index in [0.29, 0.717) is 26.2 Å². The van der Waals surface area contributed by atoms with Crippen LogP contribution in [0, 0.1) is 0 Å². The summed E-state index contributed by atoms with van der Waals surface area (Å²) in [6.45, 7) is 2.20. The molecule has 1 aliphatic heterocycles. The van der Waals surface area contributed by atoms with Crippen molar-refractivity contribution < 1.29 is 8.42 Å². The molecule has 122 valence electrons. The molecule has 0 amide bonds. The molecular weight excluding hydrogens is 316 g/mol. The van der Waals surface area contributed by atoms with E-state index in [9.17, 15) is 8.42 Å². The molecule has 1 saturated heterocycles. The van der Waals surface area contributed by atoms with Gasteiger partial charge in [-0.2, -0.15) is 4.31 Å². The Labute approximate surface area is 135 Å². The van der Waals surface area contributed by atoms with Crippen LogP contribution < -0.4 is 10.6 Å². The van der Waals surface area contributed by atoms with Crippen LogP contribution in [-0.4, -0.2) is 60.1 Å². The third-order valence-electron chi connectivity index (χ3n) is 3.75. The topological polar surface area (TPSA) is 105 Å². The number of nitrogens with zero attached hydrogens (tertiary/aromatic N) is 5. The fourth-order valence-electron chi connectivity index (χ4n) is 2.51. The van der Waals surface area contributed by atoms with Gasteiger partial charge in [0.05, 0.1) is 11.9 Å². The smallest absolute Gasteiger partial charge is 0.220 e. The highest BCUT2D eigenvalue weighted by Crippen LogP contribution is 2.20. The van der Waals surface area contributed by atoms with E-state index in [1.807, 2.05) is 12.1 Å². The van der Waals surface area contributed by atoms with Crippen LogP contribution in [0.25, 0.3) is 11.3 Å². The summed E-state index contributed by atoms with van der Waals surface area (Å²) in [4.78, 5) is 14.6. The average Bonchev–Trinajstić information content (AvgIpc) is 2.54.